The van der Waals surface area contributed by atoms with Crippen LogP contribution in [0.15, 0.2) is 55.0 Å². The highest BCUT2D eigenvalue weighted by Gasteiger charge is 2.14. The van der Waals surface area contributed by atoms with Gasteiger partial charge in [0.25, 0.3) is 0 Å². The zero-order chi connectivity index (χ0) is 16.2. The van der Waals surface area contributed by atoms with Crippen LogP contribution in [-0.4, -0.2) is 27.8 Å². The Bertz CT molecular complexity index is 828. The highest BCUT2D eigenvalue weighted by Crippen LogP contribution is 2.24. The first-order valence-electron chi connectivity index (χ1n) is 7.10. The van der Waals surface area contributed by atoms with Gasteiger partial charge in [0, 0.05) is 6.20 Å². The molecule has 0 amide bonds. The third-order valence-electron chi connectivity index (χ3n) is 3.42. The van der Waals surface area contributed by atoms with Crippen molar-refractivity contribution in [2.24, 2.45) is 0 Å². The molecule has 0 saturated carbocycles. The Morgan fingerprint density at radius 3 is 2.70 bits per heavy atom. The molecule has 0 aliphatic carbocycles. The first-order valence-corrected chi connectivity index (χ1v) is 7.10. The molecule has 0 fully saturated rings. The number of para-hydroxylation sites is 1. The number of hydrogen-bond acceptors (Lipinski definition) is 5. The Morgan fingerprint density at radius 1 is 1.17 bits per heavy atom. The van der Waals surface area contributed by atoms with Crippen LogP contribution in [0.1, 0.15) is 16.1 Å². The van der Waals surface area contributed by atoms with Gasteiger partial charge in [0.1, 0.15) is 0 Å². The van der Waals surface area contributed by atoms with Gasteiger partial charge in [-0.15, -0.1) is 0 Å². The number of carbonyl (C=O) groups excluding carboxylic acids is 1. The third kappa shape index (κ3) is 3.06. The minimum Gasteiger partial charge on any atom is -0.465 e. The van der Waals surface area contributed by atoms with Crippen molar-refractivity contribution in [3.05, 3.63) is 66.2 Å². The van der Waals surface area contributed by atoms with Gasteiger partial charge in [-0.05, 0) is 25.1 Å². The van der Waals surface area contributed by atoms with Crippen LogP contribution in [0.5, 0.6) is 0 Å². The molecule has 6 nitrogen and oxygen atoms in total. The number of rotatable bonds is 4. The van der Waals surface area contributed by atoms with Crippen molar-refractivity contribution in [1.82, 2.24) is 14.8 Å². The van der Waals surface area contributed by atoms with Crippen LogP contribution in [0.25, 0.3) is 5.69 Å². The molecule has 0 spiro atoms. The number of aromatic nitrogens is 3. The van der Waals surface area contributed by atoms with Crippen LogP contribution in [0.4, 0.5) is 11.4 Å². The van der Waals surface area contributed by atoms with Crippen LogP contribution in [-0.2, 0) is 4.74 Å². The van der Waals surface area contributed by atoms with Crippen molar-refractivity contribution in [1.29, 1.82) is 0 Å². The van der Waals surface area contributed by atoms with Crippen LogP contribution >= 0.6 is 0 Å². The second-order valence-corrected chi connectivity index (χ2v) is 4.95. The van der Waals surface area contributed by atoms with Gasteiger partial charge in [-0.3, -0.25) is 4.98 Å². The molecule has 23 heavy (non-hydrogen) atoms. The quantitative estimate of drug-likeness (QED) is 0.750. The van der Waals surface area contributed by atoms with Crippen LogP contribution in [0.2, 0.25) is 0 Å². The van der Waals surface area contributed by atoms with E-state index in [9.17, 15) is 4.79 Å². The summed E-state index contributed by atoms with van der Waals surface area (Å²) in [5.41, 5.74) is 3.58. The Labute approximate surface area is 133 Å². The van der Waals surface area contributed by atoms with E-state index < -0.39 is 5.97 Å². The molecule has 0 unspecified atom stereocenters. The minimum absolute atomic E-state index is 0.414. The second kappa shape index (κ2) is 6.31. The van der Waals surface area contributed by atoms with Crippen molar-refractivity contribution < 1.29 is 9.53 Å². The van der Waals surface area contributed by atoms with Crippen molar-refractivity contribution >= 4 is 17.3 Å². The maximum absolute atomic E-state index is 11.8. The fraction of sp³-hybridized carbons (Fsp3) is 0.118. The summed E-state index contributed by atoms with van der Waals surface area (Å²) in [7, 11) is 1.35. The van der Waals surface area contributed by atoms with Gasteiger partial charge in [-0.25, -0.2) is 9.48 Å². The first kappa shape index (κ1) is 14.8. The van der Waals surface area contributed by atoms with E-state index >= 15 is 0 Å². The van der Waals surface area contributed by atoms with Crippen molar-refractivity contribution in [2.75, 3.05) is 12.4 Å². The first-order chi connectivity index (χ1) is 11.2. The topological polar surface area (TPSA) is 69.0 Å². The zero-order valence-corrected chi connectivity index (χ0v) is 12.9. The van der Waals surface area contributed by atoms with Gasteiger partial charge in [0.2, 0.25) is 0 Å². The highest BCUT2D eigenvalue weighted by molar-refractivity contribution is 5.96. The third-order valence-corrected chi connectivity index (χ3v) is 3.42. The summed E-state index contributed by atoms with van der Waals surface area (Å²) >= 11 is 0. The number of hydrogen-bond donors (Lipinski definition) is 1. The summed E-state index contributed by atoms with van der Waals surface area (Å²) in [5.74, 6) is -0.414. The Kier molecular flexibility index (Phi) is 4.05. The lowest BCUT2D eigenvalue weighted by Gasteiger charge is -2.08. The fourth-order valence-corrected chi connectivity index (χ4v) is 2.22. The van der Waals surface area contributed by atoms with Crippen LogP contribution in [0.3, 0.4) is 0 Å². The van der Waals surface area contributed by atoms with E-state index in [1.165, 1.54) is 7.11 Å². The molecule has 3 aromatic rings. The molecule has 1 N–H and O–H groups in total. The summed E-state index contributed by atoms with van der Waals surface area (Å²) in [6, 6.07) is 11.4. The predicted octanol–water partition coefficient (Wildman–Crippen LogP) is 3.11. The normalized spacial score (nSPS) is 10.3. The molecule has 0 aliphatic rings. The predicted molar refractivity (Wildman–Crippen MR) is 87.2 cm³/mol. The molecular formula is C17H16N4O2. The molecule has 2 aromatic heterocycles. The van der Waals surface area contributed by atoms with Gasteiger partial charge >= 0.3 is 5.97 Å². The number of carbonyl (C=O) groups is 1. The summed E-state index contributed by atoms with van der Waals surface area (Å²) in [6.45, 7) is 1.90. The summed E-state index contributed by atoms with van der Waals surface area (Å²) in [4.78, 5) is 15.9. The number of pyridine rings is 1. The molecule has 1 aromatic carbocycles. The number of ether oxygens (including phenoxy) is 1. The molecule has 0 saturated heterocycles. The Hall–Kier alpha value is -3.15. The number of methoxy groups -OCH3 is 1. The lowest BCUT2D eigenvalue weighted by atomic mass is 10.2. The molecule has 116 valence electrons. The lowest BCUT2D eigenvalue weighted by molar-refractivity contribution is 0.0602. The molecule has 0 atom stereocenters. The number of nitrogens with zero attached hydrogens (tertiary/aromatic N) is 3. The summed E-state index contributed by atoms with van der Waals surface area (Å²) < 4.78 is 6.58. The van der Waals surface area contributed by atoms with Gasteiger partial charge in [0.05, 0.1) is 47.8 Å². The number of anilines is 2. The van der Waals surface area contributed by atoms with E-state index in [1.807, 2.05) is 43.5 Å². The Balaban J connectivity index is 1.93. The molecule has 0 radical (unpaired) electrons. The van der Waals surface area contributed by atoms with E-state index in [0.717, 1.165) is 17.1 Å². The monoisotopic (exact) mass is 308 g/mol. The number of aryl methyl sites for hydroxylation is 1. The maximum Gasteiger partial charge on any atom is 0.340 e. The Morgan fingerprint density at radius 2 is 1.96 bits per heavy atom. The number of esters is 1. The van der Waals surface area contributed by atoms with E-state index in [-0.39, 0.29) is 0 Å². The SMILES string of the molecule is COC(=O)c1ccncc1Nc1cn(-c2ccccc2)nc1C. The van der Waals surface area contributed by atoms with Crippen LogP contribution < -0.4 is 5.32 Å². The second-order valence-electron chi connectivity index (χ2n) is 4.95. The van der Waals surface area contributed by atoms with Gasteiger partial charge in [-0.1, -0.05) is 18.2 Å². The minimum atomic E-state index is -0.414. The standard InChI is InChI=1S/C17H16N4O2/c1-12-16(11-21(20-12)13-6-4-3-5-7-13)19-15-10-18-9-8-14(15)17(22)23-2/h3-11,19H,1-2H3. The summed E-state index contributed by atoms with van der Waals surface area (Å²) in [6.07, 6.45) is 5.02. The smallest absolute Gasteiger partial charge is 0.340 e. The molecule has 2 heterocycles. The van der Waals surface area contributed by atoms with Crippen molar-refractivity contribution in [2.45, 2.75) is 6.92 Å². The van der Waals surface area contributed by atoms with Crippen molar-refractivity contribution in [3.8, 4) is 5.69 Å². The molecule has 0 bridgehead atoms. The molecular weight excluding hydrogens is 292 g/mol. The molecule has 6 heteroatoms. The van der Waals surface area contributed by atoms with E-state index in [4.69, 9.17) is 4.74 Å². The zero-order valence-electron chi connectivity index (χ0n) is 12.9. The summed E-state index contributed by atoms with van der Waals surface area (Å²) in [5, 5.41) is 7.69. The van der Waals surface area contributed by atoms with E-state index in [1.54, 1.807) is 23.1 Å². The largest absolute Gasteiger partial charge is 0.465 e. The van der Waals surface area contributed by atoms with Gasteiger partial charge in [-0.2, -0.15) is 5.10 Å². The van der Waals surface area contributed by atoms with Gasteiger partial charge in [0.15, 0.2) is 0 Å². The molecule has 3 rings (SSSR count). The average molecular weight is 308 g/mol. The molecule has 0 aliphatic heterocycles. The van der Waals surface area contributed by atoms with Crippen LogP contribution in [0, 0.1) is 6.92 Å². The number of benzene rings is 1. The lowest BCUT2D eigenvalue weighted by Crippen LogP contribution is -2.06. The fourth-order valence-electron chi connectivity index (χ4n) is 2.22. The number of nitrogens with one attached hydrogen (secondary N) is 1. The average Bonchev–Trinajstić information content (AvgIpc) is 2.96. The highest BCUT2D eigenvalue weighted by atomic mass is 16.5. The van der Waals surface area contributed by atoms with Gasteiger partial charge < -0.3 is 10.1 Å². The maximum atomic E-state index is 11.8. The van der Waals surface area contributed by atoms with E-state index in [0.29, 0.717) is 11.3 Å². The van der Waals surface area contributed by atoms with Crippen molar-refractivity contribution in [3.63, 3.8) is 0 Å². The van der Waals surface area contributed by atoms with E-state index in [2.05, 4.69) is 15.4 Å².